The van der Waals surface area contributed by atoms with Crippen molar-refractivity contribution in [3.8, 4) is 0 Å². The first-order chi connectivity index (χ1) is 13.0. The molecule has 5 rings (SSSR count). The van der Waals surface area contributed by atoms with Crippen LogP contribution < -0.4 is 10.4 Å². The van der Waals surface area contributed by atoms with Gasteiger partial charge < -0.3 is 24.8 Å². The predicted octanol–water partition coefficient (Wildman–Crippen LogP) is 1.13. The minimum absolute atomic E-state index is 0.177. The Labute approximate surface area is 155 Å². The van der Waals surface area contributed by atoms with Gasteiger partial charge in [-0.15, -0.1) is 0 Å². The van der Waals surface area contributed by atoms with Crippen molar-refractivity contribution >= 4 is 35.1 Å². The number of carbonyl (C=O) groups excluding carboxylic acids is 1. The number of aromatic amines is 1. The van der Waals surface area contributed by atoms with Crippen LogP contribution in [0.5, 0.6) is 0 Å². The summed E-state index contributed by atoms with van der Waals surface area (Å²) >= 11 is 0. The molecule has 0 spiro atoms. The van der Waals surface area contributed by atoms with E-state index in [0.29, 0.717) is 29.7 Å². The summed E-state index contributed by atoms with van der Waals surface area (Å²) in [7, 11) is 0.366. The van der Waals surface area contributed by atoms with Crippen LogP contribution in [0.1, 0.15) is 27.8 Å². The second-order valence-electron chi connectivity index (χ2n) is 7.09. The molecule has 0 bridgehead atoms. The number of aromatic nitrogens is 1. The highest BCUT2D eigenvalue weighted by atomic mass is 19.1. The molecule has 6 nitrogen and oxygen atoms in total. The molecule has 136 valence electrons. The molecule has 8 heteroatoms. The van der Waals surface area contributed by atoms with Crippen molar-refractivity contribution < 1.29 is 19.2 Å². The fourth-order valence-corrected chi connectivity index (χ4v) is 4.34. The molecule has 0 aliphatic carbocycles. The molecule has 1 amide bonds. The van der Waals surface area contributed by atoms with Crippen molar-refractivity contribution in [1.29, 1.82) is 0 Å². The fourth-order valence-electron chi connectivity index (χ4n) is 4.34. The molecule has 0 saturated carbocycles. The zero-order valence-electron chi connectivity index (χ0n) is 14.6. The van der Waals surface area contributed by atoms with E-state index < -0.39 is 12.9 Å². The SMILES string of the molecule is CN1c2ccc(F)cc2C(=O)N2CCc3c([nH]c4ccc(B(O)O)cc34)C21. The number of H-pyrrole nitrogens is 1. The Kier molecular flexibility index (Phi) is 3.38. The minimum Gasteiger partial charge on any atom is -0.423 e. The lowest BCUT2D eigenvalue weighted by Crippen LogP contribution is -2.51. The van der Waals surface area contributed by atoms with Crippen LogP contribution in [-0.2, 0) is 6.42 Å². The number of hydrogen-bond acceptors (Lipinski definition) is 4. The third-order valence-corrected chi connectivity index (χ3v) is 5.61. The van der Waals surface area contributed by atoms with E-state index in [1.165, 1.54) is 12.1 Å². The topological polar surface area (TPSA) is 79.8 Å². The lowest BCUT2D eigenvalue weighted by molar-refractivity contribution is 0.0634. The van der Waals surface area contributed by atoms with Crippen molar-refractivity contribution in [3.05, 3.63) is 59.0 Å². The van der Waals surface area contributed by atoms with Crippen molar-refractivity contribution in [2.75, 3.05) is 18.5 Å². The lowest BCUT2D eigenvalue weighted by Gasteiger charge is -2.46. The van der Waals surface area contributed by atoms with Crippen LogP contribution in [0.15, 0.2) is 36.4 Å². The molecule has 3 heterocycles. The van der Waals surface area contributed by atoms with E-state index >= 15 is 0 Å². The largest absolute Gasteiger partial charge is 0.488 e. The van der Waals surface area contributed by atoms with Crippen molar-refractivity contribution in [3.63, 3.8) is 0 Å². The molecule has 3 aromatic rings. The Morgan fingerprint density at radius 1 is 1.22 bits per heavy atom. The highest BCUT2D eigenvalue weighted by Gasteiger charge is 2.41. The molecule has 3 N–H and O–H groups in total. The van der Waals surface area contributed by atoms with Gasteiger partial charge in [-0.2, -0.15) is 0 Å². The molecule has 0 saturated heterocycles. The maximum atomic E-state index is 13.7. The molecule has 27 heavy (non-hydrogen) atoms. The summed E-state index contributed by atoms with van der Waals surface area (Å²) in [5.74, 6) is -0.601. The van der Waals surface area contributed by atoms with Gasteiger partial charge in [0.1, 0.15) is 12.0 Å². The Morgan fingerprint density at radius 3 is 2.81 bits per heavy atom. The van der Waals surface area contributed by atoms with E-state index in [4.69, 9.17) is 0 Å². The maximum absolute atomic E-state index is 13.7. The average Bonchev–Trinajstić information content (AvgIpc) is 3.03. The number of amides is 1. The minimum atomic E-state index is -1.53. The number of hydrogen-bond donors (Lipinski definition) is 3. The van der Waals surface area contributed by atoms with Crippen LogP contribution in [0.25, 0.3) is 10.9 Å². The van der Waals surface area contributed by atoms with Gasteiger partial charge in [0.2, 0.25) is 0 Å². The summed E-state index contributed by atoms with van der Waals surface area (Å²) in [5.41, 5.74) is 4.36. The van der Waals surface area contributed by atoms with Gasteiger partial charge in [0, 0.05) is 24.5 Å². The van der Waals surface area contributed by atoms with Gasteiger partial charge >= 0.3 is 7.12 Å². The van der Waals surface area contributed by atoms with E-state index in [-0.39, 0.29) is 12.1 Å². The molecule has 2 aliphatic heterocycles. The Balaban J connectivity index is 1.69. The van der Waals surface area contributed by atoms with Gasteiger partial charge in [0.15, 0.2) is 0 Å². The maximum Gasteiger partial charge on any atom is 0.488 e. The number of nitrogens with zero attached hydrogens (tertiary/aromatic N) is 2. The average molecular weight is 365 g/mol. The van der Waals surface area contributed by atoms with Crippen LogP contribution in [0.3, 0.4) is 0 Å². The molecule has 1 aromatic heterocycles. The fraction of sp³-hybridized carbons (Fsp3) is 0.211. The molecule has 1 atom stereocenters. The normalized spacial score (nSPS) is 18.4. The Morgan fingerprint density at radius 2 is 2.04 bits per heavy atom. The quantitative estimate of drug-likeness (QED) is 0.565. The zero-order valence-corrected chi connectivity index (χ0v) is 14.6. The number of anilines is 1. The summed E-state index contributed by atoms with van der Waals surface area (Å²) in [6, 6.07) is 9.56. The molecule has 2 aliphatic rings. The van der Waals surface area contributed by atoms with Crippen LogP contribution >= 0.6 is 0 Å². The number of benzene rings is 2. The third kappa shape index (κ3) is 2.23. The van der Waals surface area contributed by atoms with E-state index in [1.54, 1.807) is 23.1 Å². The molecular formula is C19H17BFN3O3. The van der Waals surface area contributed by atoms with Crippen LogP contribution in [0.4, 0.5) is 10.1 Å². The third-order valence-electron chi connectivity index (χ3n) is 5.61. The Hall–Kier alpha value is -2.84. The van der Waals surface area contributed by atoms with Gasteiger partial charge in [-0.25, -0.2) is 4.39 Å². The van der Waals surface area contributed by atoms with Crippen molar-refractivity contribution in [2.24, 2.45) is 0 Å². The smallest absolute Gasteiger partial charge is 0.423 e. The zero-order chi connectivity index (χ0) is 18.9. The molecule has 2 aromatic carbocycles. The monoisotopic (exact) mass is 365 g/mol. The molecule has 0 fully saturated rings. The first-order valence-corrected chi connectivity index (χ1v) is 8.79. The first kappa shape index (κ1) is 16.3. The van der Waals surface area contributed by atoms with Crippen LogP contribution in [0.2, 0.25) is 0 Å². The van der Waals surface area contributed by atoms with Crippen molar-refractivity contribution in [2.45, 2.75) is 12.6 Å². The molecule has 1 unspecified atom stereocenters. The van der Waals surface area contributed by atoms with Crippen LogP contribution in [0, 0.1) is 5.82 Å². The van der Waals surface area contributed by atoms with E-state index in [2.05, 4.69) is 4.98 Å². The number of nitrogens with one attached hydrogen (secondary N) is 1. The van der Waals surface area contributed by atoms with Gasteiger partial charge in [-0.3, -0.25) is 4.79 Å². The van der Waals surface area contributed by atoms with Crippen molar-refractivity contribution in [1.82, 2.24) is 9.88 Å². The summed E-state index contributed by atoms with van der Waals surface area (Å²) in [4.78, 5) is 20.1. The van der Waals surface area contributed by atoms with Crippen LogP contribution in [-0.4, -0.2) is 46.5 Å². The van der Waals surface area contributed by atoms with E-state index in [9.17, 15) is 19.2 Å². The van der Waals surface area contributed by atoms with Gasteiger partial charge in [-0.1, -0.05) is 12.1 Å². The molecular weight excluding hydrogens is 348 g/mol. The summed E-state index contributed by atoms with van der Waals surface area (Å²) < 4.78 is 13.7. The number of fused-ring (bicyclic) bond motifs is 6. The van der Waals surface area contributed by atoms with E-state index in [0.717, 1.165) is 22.2 Å². The van der Waals surface area contributed by atoms with E-state index in [1.807, 2.05) is 18.0 Å². The Bertz CT molecular complexity index is 1100. The van der Waals surface area contributed by atoms with Gasteiger partial charge in [0.25, 0.3) is 5.91 Å². The second-order valence-corrected chi connectivity index (χ2v) is 7.09. The van der Waals surface area contributed by atoms with Gasteiger partial charge in [0.05, 0.1) is 16.9 Å². The standard InChI is InChI=1S/C19H17BFN3O3/c1-23-16-5-3-11(21)9-14(16)19(25)24-7-6-12-13-8-10(20(26)27)2-4-15(13)22-17(12)18(23)24/h2-5,8-9,18,22,26-27H,6-7H2,1H3. The highest BCUT2D eigenvalue weighted by molar-refractivity contribution is 6.58. The summed E-state index contributed by atoms with van der Waals surface area (Å²) in [5, 5.41) is 19.9. The molecule has 0 radical (unpaired) electrons. The van der Waals surface area contributed by atoms with Gasteiger partial charge in [-0.05, 0) is 41.7 Å². The summed E-state index contributed by atoms with van der Waals surface area (Å²) in [6.07, 6.45) is 0.329. The lowest BCUT2D eigenvalue weighted by atomic mass is 9.79. The number of halogens is 1. The first-order valence-electron chi connectivity index (χ1n) is 8.79. The summed E-state index contributed by atoms with van der Waals surface area (Å²) in [6.45, 7) is 0.510. The predicted molar refractivity (Wildman–Crippen MR) is 100 cm³/mol. The number of carbonyl (C=O) groups is 1. The second kappa shape index (κ2) is 5.58. The highest BCUT2D eigenvalue weighted by Crippen LogP contribution is 2.42. The number of rotatable bonds is 1.